The summed E-state index contributed by atoms with van der Waals surface area (Å²) in [5.74, 6) is -4.86. The van der Waals surface area contributed by atoms with Crippen LogP contribution >= 0.6 is 0 Å². The maximum Gasteiger partial charge on any atom is 0.339 e. The van der Waals surface area contributed by atoms with Crippen LogP contribution in [0.4, 0.5) is 39.8 Å². The number of aryl methyl sites for hydroxylation is 1. The van der Waals surface area contributed by atoms with E-state index in [1.54, 1.807) is 49.4 Å². The fraction of sp³-hybridized carbons (Fsp3) is 0.0556. The van der Waals surface area contributed by atoms with E-state index in [-0.39, 0.29) is 134 Å². The standard InChI is InChI=1S/C36H29N7O12S.3Na/c1-18-12-28(30(55-2)17-27(18)43-42-24-15-26(35(49)50)32(45)31(16-24)56(52,53)54)39-33(46)19-4-3-5-22(13-19)38-36(51)37-20-6-8-21(9-7-20)40-41-23-10-11-29(44)25(14-23)34(47)48;;;/h3-17,44-45H,1-2H3,(H,39,46)(H,47,48)(H,49,50)(H2,37,38,51)(H,52,53,54);;;. The molecular weight excluding hydrogens is 823 g/mol. The van der Waals surface area contributed by atoms with Gasteiger partial charge in [0, 0.05) is 106 Å². The van der Waals surface area contributed by atoms with Crippen LogP contribution in [0.3, 0.4) is 0 Å². The Hall–Kier alpha value is -4.71. The molecule has 0 saturated heterocycles. The maximum atomic E-state index is 11.7. The van der Waals surface area contributed by atoms with Crippen LogP contribution in [0.5, 0.6) is 17.2 Å². The first kappa shape index (κ1) is 50.4. The molecule has 0 aliphatic carbocycles. The number of carboxylic acid groups (broad SMARTS) is 2. The van der Waals surface area contributed by atoms with Gasteiger partial charge in [-0.1, -0.05) is 6.07 Å². The SMILES string of the molecule is COc1cc(N=Nc2cc(C(=O)O)c(O)c(S(=O)(=O)O)c2)c(C)cc1N=C(O)c1cccc(N=C(O)Nc2ccc(N=Nc3ccc(O)c(C(=O)O)c3)cc2)c1.[Na].[Na].[Na]. The van der Waals surface area contributed by atoms with Crippen molar-refractivity contribution in [3.8, 4) is 17.2 Å². The molecule has 23 heteroatoms. The smallest absolute Gasteiger partial charge is 0.339 e. The molecule has 19 nitrogen and oxygen atoms in total. The van der Waals surface area contributed by atoms with Gasteiger partial charge in [0.2, 0.25) is 5.90 Å². The first-order valence-electron chi connectivity index (χ1n) is 15.7. The third-order valence-corrected chi connectivity index (χ3v) is 8.39. The van der Waals surface area contributed by atoms with Crippen molar-refractivity contribution in [3.05, 3.63) is 113 Å². The zero-order valence-corrected chi connectivity index (χ0v) is 38.7. The Labute approximate surface area is 401 Å². The summed E-state index contributed by atoms with van der Waals surface area (Å²) in [6, 6.07) is 20.2. The summed E-state index contributed by atoms with van der Waals surface area (Å²) < 4.78 is 38.2. The number of carbonyl (C=O) groups is 2. The fourth-order valence-corrected chi connectivity index (χ4v) is 5.42. The van der Waals surface area contributed by atoms with E-state index in [1.165, 1.54) is 43.5 Å². The van der Waals surface area contributed by atoms with Gasteiger partial charge < -0.3 is 40.7 Å². The molecule has 0 bridgehead atoms. The zero-order chi connectivity index (χ0) is 40.7. The number of nitrogens with one attached hydrogen (secondary N) is 1. The number of methoxy groups -OCH3 is 1. The van der Waals surface area contributed by atoms with Gasteiger partial charge in [-0.15, -0.1) is 0 Å². The minimum absolute atomic E-state index is 0. The molecule has 8 N–H and O–H groups in total. The third kappa shape index (κ3) is 13.4. The van der Waals surface area contributed by atoms with Crippen LogP contribution < -0.4 is 10.1 Å². The van der Waals surface area contributed by atoms with Crippen LogP contribution in [-0.2, 0) is 10.1 Å². The number of amidine groups is 1. The van der Waals surface area contributed by atoms with Gasteiger partial charge in [0.1, 0.15) is 33.2 Å². The number of aromatic hydroxyl groups is 2. The number of aliphatic imine (C=N–C) groups is 2. The van der Waals surface area contributed by atoms with Crippen molar-refractivity contribution < 1.29 is 57.9 Å². The van der Waals surface area contributed by atoms with E-state index in [4.69, 9.17) is 9.84 Å². The number of aromatic carboxylic acids is 2. The van der Waals surface area contributed by atoms with Crippen molar-refractivity contribution in [3.63, 3.8) is 0 Å². The maximum absolute atomic E-state index is 11.7. The molecule has 0 aliphatic heterocycles. The molecule has 0 fully saturated rings. The number of benzene rings is 5. The van der Waals surface area contributed by atoms with Crippen LogP contribution in [0.25, 0.3) is 0 Å². The van der Waals surface area contributed by atoms with Gasteiger partial charge in [0.05, 0.1) is 35.5 Å². The van der Waals surface area contributed by atoms with Crippen molar-refractivity contribution in [2.24, 2.45) is 30.4 Å². The van der Waals surface area contributed by atoms with Crippen molar-refractivity contribution >= 4 is 162 Å². The van der Waals surface area contributed by atoms with Crippen LogP contribution in [-0.4, -0.2) is 163 Å². The predicted molar refractivity (Wildman–Crippen MR) is 218 cm³/mol. The molecule has 5 aromatic rings. The van der Waals surface area contributed by atoms with Gasteiger partial charge in [-0.3, -0.25) is 4.55 Å². The average Bonchev–Trinajstić information content (AvgIpc) is 3.14. The summed E-state index contributed by atoms with van der Waals surface area (Å²) in [6.45, 7) is 1.62. The Bertz CT molecular complexity index is 2610. The predicted octanol–water partition coefficient (Wildman–Crippen LogP) is 7.04. The Morgan fingerprint density at radius 3 is 1.90 bits per heavy atom. The molecule has 0 atom stereocenters. The topological polar surface area (TPSA) is 305 Å². The number of azo groups is 2. The monoisotopic (exact) mass is 852 g/mol. The van der Waals surface area contributed by atoms with Gasteiger partial charge in [-0.25, -0.2) is 14.6 Å². The number of hydrogen-bond acceptors (Lipinski definition) is 13. The third-order valence-electron chi connectivity index (χ3n) is 7.52. The number of carboxylic acids is 2. The van der Waals surface area contributed by atoms with Crippen LogP contribution in [0.15, 0.2) is 126 Å². The van der Waals surface area contributed by atoms with Crippen LogP contribution in [0.2, 0.25) is 0 Å². The minimum Gasteiger partial charge on any atom is -0.507 e. The molecule has 289 valence electrons. The Balaban J connectivity index is 0.00000400. The number of rotatable bonds is 12. The van der Waals surface area contributed by atoms with E-state index in [0.29, 0.717) is 16.9 Å². The zero-order valence-electron chi connectivity index (χ0n) is 31.9. The number of ether oxygens (including phenoxy) is 1. The second-order valence-corrected chi connectivity index (χ2v) is 12.8. The largest absolute Gasteiger partial charge is 0.507 e. The van der Waals surface area contributed by atoms with E-state index < -0.39 is 55.9 Å². The molecule has 0 saturated carbocycles. The van der Waals surface area contributed by atoms with E-state index in [1.807, 2.05) is 0 Å². The Kier molecular flexibility index (Phi) is 18.8. The Morgan fingerprint density at radius 2 is 1.27 bits per heavy atom. The molecule has 0 amide bonds. The quantitative estimate of drug-likeness (QED) is 0.0206. The van der Waals surface area contributed by atoms with Gasteiger partial charge >= 0.3 is 11.9 Å². The molecule has 5 rings (SSSR count). The van der Waals surface area contributed by atoms with E-state index in [0.717, 1.165) is 12.1 Å². The van der Waals surface area contributed by atoms with E-state index in [2.05, 4.69) is 35.8 Å². The fourth-order valence-electron chi connectivity index (χ4n) is 4.80. The summed E-state index contributed by atoms with van der Waals surface area (Å²) in [6.07, 6.45) is 0. The molecule has 59 heavy (non-hydrogen) atoms. The van der Waals surface area contributed by atoms with E-state index >= 15 is 0 Å². The average molecular weight is 853 g/mol. The second kappa shape index (κ2) is 22.1. The molecule has 0 heterocycles. The number of aliphatic hydroxyl groups is 2. The summed E-state index contributed by atoms with van der Waals surface area (Å²) >= 11 is 0. The first-order valence-corrected chi connectivity index (χ1v) is 17.2. The van der Waals surface area contributed by atoms with Crippen molar-refractivity contribution in [2.75, 3.05) is 12.4 Å². The molecular formula is C36H29N7Na3O12S. The number of hydrogen-bond donors (Lipinski definition) is 8. The Morgan fingerprint density at radius 1 is 0.661 bits per heavy atom. The number of nitrogens with zero attached hydrogens (tertiary/aromatic N) is 6. The molecule has 0 unspecified atom stereocenters. The second-order valence-electron chi connectivity index (χ2n) is 11.4. The van der Waals surface area contributed by atoms with Gasteiger partial charge in [-0.2, -0.15) is 33.9 Å². The number of phenols is 2. The first-order chi connectivity index (χ1) is 26.5. The van der Waals surface area contributed by atoms with Gasteiger partial charge in [0.15, 0.2) is 5.75 Å². The molecule has 0 aromatic heterocycles. The van der Waals surface area contributed by atoms with Crippen molar-refractivity contribution in [1.29, 1.82) is 0 Å². The summed E-state index contributed by atoms with van der Waals surface area (Å²) in [5, 5.41) is 78.2. The molecule has 0 spiro atoms. The minimum atomic E-state index is -5.01. The van der Waals surface area contributed by atoms with Gasteiger partial charge in [-0.05, 0) is 91.3 Å². The van der Waals surface area contributed by atoms with Crippen LogP contribution in [0.1, 0.15) is 31.8 Å². The summed E-state index contributed by atoms with van der Waals surface area (Å²) in [7, 11) is -3.68. The number of anilines is 1. The summed E-state index contributed by atoms with van der Waals surface area (Å²) in [5.41, 5.74) is 0.871. The van der Waals surface area contributed by atoms with Gasteiger partial charge in [0.25, 0.3) is 16.1 Å². The molecule has 0 aliphatic rings. The molecule has 3 radical (unpaired) electrons. The normalized spacial score (nSPS) is 11.6. The summed E-state index contributed by atoms with van der Waals surface area (Å²) in [4.78, 5) is 30.0. The van der Waals surface area contributed by atoms with Crippen molar-refractivity contribution in [2.45, 2.75) is 11.8 Å². The molecule has 5 aromatic carbocycles. The van der Waals surface area contributed by atoms with Crippen molar-refractivity contribution in [1.82, 2.24) is 0 Å². The number of aliphatic hydroxyl groups excluding tert-OH is 2. The van der Waals surface area contributed by atoms with Crippen LogP contribution in [0, 0.1) is 6.92 Å². The van der Waals surface area contributed by atoms with E-state index in [9.17, 15) is 48.1 Å².